The Morgan fingerprint density at radius 1 is 1.22 bits per heavy atom. The molecule has 0 bridgehead atoms. The SMILES string of the molecule is O=C(NCCc1ccn(-c2ccc(F)cc2)n1)c1cc([N+](=O)[O-])ccc1O. The van der Waals surface area contributed by atoms with Crippen LogP contribution in [-0.4, -0.2) is 32.3 Å². The van der Waals surface area contributed by atoms with Crippen molar-refractivity contribution in [3.63, 3.8) is 0 Å². The fraction of sp³-hybridized carbons (Fsp3) is 0.111. The summed E-state index contributed by atoms with van der Waals surface area (Å²) >= 11 is 0. The highest BCUT2D eigenvalue weighted by atomic mass is 19.1. The number of carbonyl (C=O) groups is 1. The highest BCUT2D eigenvalue weighted by Crippen LogP contribution is 2.22. The molecule has 1 amide bonds. The van der Waals surface area contributed by atoms with Gasteiger partial charge in [-0.1, -0.05) is 0 Å². The van der Waals surface area contributed by atoms with Gasteiger partial charge in [0, 0.05) is 31.3 Å². The Morgan fingerprint density at radius 2 is 1.96 bits per heavy atom. The molecule has 138 valence electrons. The quantitative estimate of drug-likeness (QED) is 0.512. The monoisotopic (exact) mass is 370 g/mol. The first-order valence-corrected chi connectivity index (χ1v) is 8.00. The van der Waals surface area contributed by atoms with E-state index in [9.17, 15) is 24.4 Å². The van der Waals surface area contributed by atoms with Gasteiger partial charge in [-0.3, -0.25) is 14.9 Å². The fourth-order valence-electron chi connectivity index (χ4n) is 2.45. The number of amides is 1. The van der Waals surface area contributed by atoms with Gasteiger partial charge in [-0.15, -0.1) is 0 Å². The predicted octanol–water partition coefficient (Wildman–Crippen LogP) is 2.60. The van der Waals surface area contributed by atoms with Crippen molar-refractivity contribution in [1.82, 2.24) is 15.1 Å². The van der Waals surface area contributed by atoms with Crippen molar-refractivity contribution < 1.29 is 19.2 Å². The van der Waals surface area contributed by atoms with Crippen molar-refractivity contribution in [3.8, 4) is 11.4 Å². The molecule has 0 aliphatic rings. The third kappa shape index (κ3) is 4.27. The van der Waals surface area contributed by atoms with E-state index >= 15 is 0 Å². The number of nitrogens with one attached hydrogen (secondary N) is 1. The van der Waals surface area contributed by atoms with E-state index in [2.05, 4.69) is 10.4 Å². The number of aromatic nitrogens is 2. The minimum absolute atomic E-state index is 0.166. The number of phenolic OH excluding ortho intramolecular Hbond substituents is 1. The summed E-state index contributed by atoms with van der Waals surface area (Å²) in [5.41, 5.74) is 0.952. The number of rotatable bonds is 6. The van der Waals surface area contributed by atoms with E-state index in [1.54, 1.807) is 29.1 Å². The average molecular weight is 370 g/mol. The summed E-state index contributed by atoms with van der Waals surface area (Å²) in [6.45, 7) is 0.224. The van der Waals surface area contributed by atoms with Gasteiger partial charge < -0.3 is 10.4 Å². The van der Waals surface area contributed by atoms with Crippen LogP contribution in [0.3, 0.4) is 0 Å². The van der Waals surface area contributed by atoms with Crippen LogP contribution in [0.15, 0.2) is 54.7 Å². The van der Waals surface area contributed by atoms with Crippen molar-refractivity contribution in [2.24, 2.45) is 0 Å². The molecule has 2 N–H and O–H groups in total. The summed E-state index contributed by atoms with van der Waals surface area (Å²) in [6.07, 6.45) is 2.13. The number of nitro benzene ring substituents is 1. The molecular formula is C18H15FN4O4. The summed E-state index contributed by atoms with van der Waals surface area (Å²) in [7, 11) is 0. The van der Waals surface area contributed by atoms with Crippen LogP contribution < -0.4 is 5.32 Å². The number of non-ortho nitro benzene ring substituents is 1. The number of carbonyl (C=O) groups excluding carboxylic acids is 1. The molecule has 0 atom stereocenters. The standard InChI is InChI=1S/C18H15FN4O4/c19-12-1-3-14(4-2-12)22-10-8-13(21-22)7-9-20-18(25)16-11-15(23(26)27)5-6-17(16)24/h1-6,8,10-11,24H,7,9H2,(H,20,25). The Bertz CT molecular complexity index is 985. The lowest BCUT2D eigenvalue weighted by Gasteiger charge is -2.06. The number of hydrogen-bond donors (Lipinski definition) is 2. The fourth-order valence-corrected chi connectivity index (χ4v) is 2.45. The Balaban J connectivity index is 1.60. The molecule has 0 saturated carbocycles. The van der Waals surface area contributed by atoms with Gasteiger partial charge in [0.05, 0.1) is 21.9 Å². The Kier molecular flexibility index (Phi) is 5.11. The number of halogens is 1. The van der Waals surface area contributed by atoms with Gasteiger partial charge in [-0.2, -0.15) is 5.10 Å². The van der Waals surface area contributed by atoms with Crippen LogP contribution in [0, 0.1) is 15.9 Å². The van der Waals surface area contributed by atoms with E-state index in [-0.39, 0.29) is 29.4 Å². The predicted molar refractivity (Wildman–Crippen MR) is 94.3 cm³/mol. The lowest BCUT2D eigenvalue weighted by molar-refractivity contribution is -0.384. The maximum atomic E-state index is 13.0. The van der Waals surface area contributed by atoms with Crippen LogP contribution in [0.5, 0.6) is 5.75 Å². The van der Waals surface area contributed by atoms with Gasteiger partial charge in [0.25, 0.3) is 11.6 Å². The molecule has 3 rings (SSSR count). The van der Waals surface area contributed by atoms with Crippen LogP contribution in [0.4, 0.5) is 10.1 Å². The molecule has 1 aromatic heterocycles. The Hall–Kier alpha value is -3.75. The zero-order valence-corrected chi connectivity index (χ0v) is 14.0. The highest BCUT2D eigenvalue weighted by molar-refractivity contribution is 5.97. The Labute approximate surface area is 153 Å². The van der Waals surface area contributed by atoms with Gasteiger partial charge in [0.15, 0.2) is 0 Å². The average Bonchev–Trinajstić information content (AvgIpc) is 3.11. The van der Waals surface area contributed by atoms with Crippen LogP contribution in [0.2, 0.25) is 0 Å². The molecule has 1 heterocycles. The van der Waals surface area contributed by atoms with Gasteiger partial charge in [0.1, 0.15) is 11.6 Å². The molecule has 2 aromatic carbocycles. The molecule has 0 aliphatic heterocycles. The minimum Gasteiger partial charge on any atom is -0.507 e. The second kappa shape index (κ2) is 7.65. The van der Waals surface area contributed by atoms with E-state index in [1.165, 1.54) is 12.1 Å². The largest absolute Gasteiger partial charge is 0.507 e. The highest BCUT2D eigenvalue weighted by Gasteiger charge is 2.16. The summed E-state index contributed by atoms with van der Waals surface area (Å²) in [5.74, 6) is -1.29. The second-order valence-electron chi connectivity index (χ2n) is 5.69. The normalized spacial score (nSPS) is 10.6. The number of aromatic hydroxyl groups is 1. The van der Waals surface area contributed by atoms with E-state index < -0.39 is 10.8 Å². The third-order valence-electron chi connectivity index (χ3n) is 3.84. The smallest absolute Gasteiger partial charge is 0.270 e. The molecule has 0 spiro atoms. The van der Waals surface area contributed by atoms with E-state index in [4.69, 9.17) is 0 Å². The number of benzene rings is 2. The zero-order valence-electron chi connectivity index (χ0n) is 14.0. The third-order valence-corrected chi connectivity index (χ3v) is 3.84. The van der Waals surface area contributed by atoms with Gasteiger partial charge in [0.2, 0.25) is 0 Å². The van der Waals surface area contributed by atoms with Crippen molar-refractivity contribution in [1.29, 1.82) is 0 Å². The Morgan fingerprint density at radius 3 is 2.67 bits per heavy atom. The minimum atomic E-state index is -0.641. The maximum Gasteiger partial charge on any atom is 0.270 e. The molecule has 27 heavy (non-hydrogen) atoms. The van der Waals surface area contributed by atoms with Crippen LogP contribution in [0.25, 0.3) is 5.69 Å². The first-order valence-electron chi connectivity index (χ1n) is 8.00. The molecule has 0 fully saturated rings. The van der Waals surface area contributed by atoms with Gasteiger partial charge in [-0.05, 0) is 36.4 Å². The van der Waals surface area contributed by atoms with E-state index in [0.717, 1.165) is 18.2 Å². The number of nitrogens with zero attached hydrogens (tertiary/aromatic N) is 3. The van der Waals surface area contributed by atoms with E-state index in [0.29, 0.717) is 17.8 Å². The van der Waals surface area contributed by atoms with Crippen molar-refractivity contribution in [3.05, 3.63) is 81.9 Å². The summed E-state index contributed by atoms with van der Waals surface area (Å²) < 4.78 is 14.5. The topological polar surface area (TPSA) is 110 Å². The first-order chi connectivity index (χ1) is 12.9. The van der Waals surface area contributed by atoms with Crippen LogP contribution >= 0.6 is 0 Å². The summed E-state index contributed by atoms with van der Waals surface area (Å²) in [6, 6.07) is 10.9. The van der Waals surface area contributed by atoms with Crippen molar-refractivity contribution in [2.45, 2.75) is 6.42 Å². The lowest BCUT2D eigenvalue weighted by Crippen LogP contribution is -2.26. The molecule has 0 radical (unpaired) electrons. The van der Waals surface area contributed by atoms with Gasteiger partial charge in [-0.25, -0.2) is 9.07 Å². The molecule has 0 saturated heterocycles. The molecule has 9 heteroatoms. The van der Waals surface area contributed by atoms with E-state index in [1.807, 2.05) is 0 Å². The van der Waals surface area contributed by atoms with Crippen LogP contribution in [0.1, 0.15) is 16.1 Å². The molecule has 0 unspecified atom stereocenters. The van der Waals surface area contributed by atoms with Crippen LogP contribution in [-0.2, 0) is 6.42 Å². The van der Waals surface area contributed by atoms with Gasteiger partial charge >= 0.3 is 0 Å². The molecular weight excluding hydrogens is 355 g/mol. The number of nitro groups is 1. The summed E-state index contributed by atoms with van der Waals surface area (Å²) in [5, 5.41) is 27.4. The molecule has 0 aliphatic carbocycles. The number of hydrogen-bond acceptors (Lipinski definition) is 5. The molecule has 8 nitrogen and oxygen atoms in total. The first kappa shape index (κ1) is 18.1. The number of phenols is 1. The molecule has 3 aromatic rings. The maximum absolute atomic E-state index is 13.0. The summed E-state index contributed by atoms with van der Waals surface area (Å²) in [4.78, 5) is 22.3. The zero-order chi connectivity index (χ0) is 19.4. The lowest BCUT2D eigenvalue weighted by atomic mass is 10.1. The van der Waals surface area contributed by atoms with Crippen molar-refractivity contribution >= 4 is 11.6 Å². The second-order valence-corrected chi connectivity index (χ2v) is 5.69. The van der Waals surface area contributed by atoms with Crippen molar-refractivity contribution in [2.75, 3.05) is 6.54 Å².